The summed E-state index contributed by atoms with van der Waals surface area (Å²) in [5, 5.41) is 61.8. The van der Waals surface area contributed by atoms with Crippen LogP contribution in [0.2, 0.25) is 0 Å². The summed E-state index contributed by atoms with van der Waals surface area (Å²) in [4.78, 5) is 0. The van der Waals surface area contributed by atoms with Gasteiger partial charge in [-0.1, -0.05) is 0 Å². The number of hydrogen-bond donors (Lipinski definition) is 12. The Morgan fingerprint density at radius 1 is 0.585 bits per heavy atom. The Hall–Kier alpha value is -0.720. The highest BCUT2D eigenvalue weighted by atomic mass is 16.7. The van der Waals surface area contributed by atoms with Gasteiger partial charge in [0.1, 0.15) is 54.9 Å². The van der Waals surface area contributed by atoms with Crippen LogP contribution in [-0.2, 0) is 28.4 Å². The maximum Gasteiger partial charge on any atom is 0.176 e. The van der Waals surface area contributed by atoms with Crippen molar-refractivity contribution >= 4 is 0 Å². The van der Waals surface area contributed by atoms with Crippen molar-refractivity contribution < 1.29 is 59.1 Å². The van der Waals surface area contributed by atoms with E-state index in [1.807, 2.05) is 0 Å². The Labute approximate surface area is 236 Å². The molecule has 4 fully saturated rings. The molecule has 0 bridgehead atoms. The molecule has 1 aliphatic carbocycles. The van der Waals surface area contributed by atoms with Gasteiger partial charge in [0.15, 0.2) is 18.9 Å². The smallest absolute Gasteiger partial charge is 0.176 e. The molecule has 3 aliphatic heterocycles. The zero-order chi connectivity index (χ0) is 30.2. The van der Waals surface area contributed by atoms with Crippen LogP contribution in [0.15, 0.2) is 0 Å². The Morgan fingerprint density at radius 2 is 1.12 bits per heavy atom. The molecule has 18 nitrogen and oxygen atoms in total. The van der Waals surface area contributed by atoms with Crippen LogP contribution in [0, 0.1) is 0 Å². The third-order valence-corrected chi connectivity index (χ3v) is 8.28. The van der Waals surface area contributed by atoms with E-state index in [-0.39, 0.29) is 25.9 Å². The fourth-order valence-electron chi connectivity index (χ4n) is 5.72. The lowest BCUT2D eigenvalue weighted by molar-refractivity contribution is -0.302. The normalized spacial score (nSPS) is 53.0. The molecule has 18 unspecified atom stereocenters. The van der Waals surface area contributed by atoms with E-state index in [9.17, 15) is 30.6 Å². The van der Waals surface area contributed by atoms with Crippen LogP contribution in [0.4, 0.5) is 0 Å². The zero-order valence-corrected chi connectivity index (χ0v) is 22.5. The van der Waals surface area contributed by atoms with Gasteiger partial charge in [0.25, 0.3) is 0 Å². The fraction of sp³-hybridized carbons (Fsp3) is 1.00. The number of ether oxygens (including phenoxy) is 6. The van der Waals surface area contributed by atoms with E-state index in [0.29, 0.717) is 0 Å². The van der Waals surface area contributed by atoms with Crippen molar-refractivity contribution in [3.8, 4) is 0 Å². The molecule has 18 atom stereocenters. The standard InChI is InChI=1S/C23H46N6O12/c24-3-9-16(32)18(34)13(28)22(38-9)37-8-2-12(36-11(8)5-30)40-21-15(31)6(26)1-7(27)20(21)41-23-14(29)19(35)17(33)10(4-25)39-23/h6-23,30-35H,1-5,24-29H2. The third kappa shape index (κ3) is 6.85. The van der Waals surface area contributed by atoms with Gasteiger partial charge in [-0.05, 0) is 6.42 Å². The molecular formula is C23H46N6O12. The maximum absolute atomic E-state index is 11.0. The van der Waals surface area contributed by atoms with Gasteiger partial charge in [-0.25, -0.2) is 0 Å². The van der Waals surface area contributed by atoms with Crippen LogP contribution in [0.25, 0.3) is 0 Å². The minimum absolute atomic E-state index is 0.0315. The van der Waals surface area contributed by atoms with E-state index in [1.165, 1.54) is 0 Å². The van der Waals surface area contributed by atoms with Gasteiger partial charge in [-0.15, -0.1) is 0 Å². The quantitative estimate of drug-likeness (QED) is 0.117. The van der Waals surface area contributed by atoms with E-state index >= 15 is 0 Å². The second-order valence-electron chi connectivity index (χ2n) is 11.1. The monoisotopic (exact) mass is 598 g/mol. The van der Waals surface area contributed by atoms with Crippen molar-refractivity contribution in [2.24, 2.45) is 34.4 Å². The van der Waals surface area contributed by atoms with Crippen LogP contribution < -0.4 is 34.4 Å². The highest BCUT2D eigenvalue weighted by Crippen LogP contribution is 2.34. The topological polar surface area (TPSA) is 333 Å². The average molecular weight is 599 g/mol. The molecule has 0 amide bonds. The summed E-state index contributed by atoms with van der Waals surface area (Å²) in [7, 11) is 0. The van der Waals surface area contributed by atoms with E-state index in [0.717, 1.165) is 0 Å². The summed E-state index contributed by atoms with van der Waals surface area (Å²) in [6, 6.07) is -3.83. The van der Waals surface area contributed by atoms with Gasteiger partial charge in [0.2, 0.25) is 0 Å². The summed E-state index contributed by atoms with van der Waals surface area (Å²) in [5.41, 5.74) is 35.8. The molecule has 4 aliphatic rings. The highest BCUT2D eigenvalue weighted by molar-refractivity contribution is 5.01. The number of rotatable bonds is 9. The van der Waals surface area contributed by atoms with E-state index < -0.39 is 117 Å². The summed E-state index contributed by atoms with van der Waals surface area (Å²) in [6.07, 6.45) is -15.8. The van der Waals surface area contributed by atoms with Gasteiger partial charge >= 0.3 is 0 Å². The molecule has 0 aromatic carbocycles. The summed E-state index contributed by atoms with van der Waals surface area (Å²) < 4.78 is 35.2. The number of nitrogens with two attached hydrogens (primary N) is 6. The van der Waals surface area contributed by atoms with E-state index in [1.54, 1.807) is 0 Å². The molecule has 18 N–H and O–H groups in total. The molecule has 1 saturated carbocycles. The fourth-order valence-corrected chi connectivity index (χ4v) is 5.72. The summed E-state index contributed by atoms with van der Waals surface area (Å²) in [5.74, 6) is 0. The maximum atomic E-state index is 11.0. The molecule has 0 aromatic heterocycles. The van der Waals surface area contributed by atoms with E-state index in [2.05, 4.69) is 0 Å². The van der Waals surface area contributed by atoms with Crippen molar-refractivity contribution in [2.45, 2.75) is 123 Å². The first-order valence-electron chi connectivity index (χ1n) is 13.8. The van der Waals surface area contributed by atoms with Crippen LogP contribution in [0.5, 0.6) is 0 Å². The third-order valence-electron chi connectivity index (χ3n) is 8.28. The lowest BCUT2D eigenvalue weighted by atomic mass is 9.84. The largest absolute Gasteiger partial charge is 0.394 e. The molecule has 0 spiro atoms. The molecule has 4 rings (SSSR count). The lowest BCUT2D eigenvalue weighted by Gasteiger charge is -2.47. The van der Waals surface area contributed by atoms with Crippen molar-refractivity contribution in [3.05, 3.63) is 0 Å². The summed E-state index contributed by atoms with van der Waals surface area (Å²) >= 11 is 0. The Balaban J connectivity index is 1.45. The van der Waals surface area contributed by atoms with Crippen LogP contribution in [0.1, 0.15) is 12.8 Å². The van der Waals surface area contributed by atoms with Crippen molar-refractivity contribution in [1.82, 2.24) is 0 Å². The van der Waals surface area contributed by atoms with Gasteiger partial charge in [-0.3, -0.25) is 0 Å². The van der Waals surface area contributed by atoms with Gasteiger partial charge in [0.05, 0.1) is 30.9 Å². The Morgan fingerprint density at radius 3 is 1.63 bits per heavy atom. The first-order valence-corrected chi connectivity index (χ1v) is 13.8. The first-order chi connectivity index (χ1) is 19.4. The summed E-state index contributed by atoms with van der Waals surface area (Å²) in [6.45, 7) is -0.695. The molecular weight excluding hydrogens is 552 g/mol. The number of hydrogen-bond acceptors (Lipinski definition) is 18. The highest BCUT2D eigenvalue weighted by Gasteiger charge is 2.51. The molecule has 0 radical (unpaired) electrons. The van der Waals surface area contributed by atoms with Gasteiger partial charge in [0, 0.05) is 31.6 Å². The zero-order valence-electron chi connectivity index (χ0n) is 22.5. The second-order valence-corrected chi connectivity index (χ2v) is 11.1. The SMILES string of the molecule is NCC1OC(OC2CC(OC3C(O)C(N)CC(N)C3OC3OC(CN)C(O)C(O)C3N)OC2CO)C(N)C(O)C1O. The van der Waals surface area contributed by atoms with Crippen molar-refractivity contribution in [2.75, 3.05) is 19.7 Å². The molecule has 41 heavy (non-hydrogen) atoms. The van der Waals surface area contributed by atoms with Crippen LogP contribution >= 0.6 is 0 Å². The molecule has 3 saturated heterocycles. The predicted molar refractivity (Wildman–Crippen MR) is 137 cm³/mol. The van der Waals surface area contributed by atoms with Gasteiger partial charge < -0.3 is 93.5 Å². The minimum Gasteiger partial charge on any atom is -0.394 e. The Bertz CT molecular complexity index is 836. The number of aliphatic hydroxyl groups is 6. The van der Waals surface area contributed by atoms with Gasteiger partial charge in [-0.2, -0.15) is 0 Å². The van der Waals surface area contributed by atoms with Crippen molar-refractivity contribution in [1.29, 1.82) is 0 Å². The molecule has 18 heteroatoms. The predicted octanol–water partition coefficient (Wildman–Crippen LogP) is -7.87. The number of aliphatic hydroxyl groups excluding tert-OH is 6. The second kappa shape index (κ2) is 13.9. The average Bonchev–Trinajstić information content (AvgIpc) is 3.34. The Kier molecular flexibility index (Phi) is 11.3. The minimum atomic E-state index is -1.40. The molecule has 3 heterocycles. The van der Waals surface area contributed by atoms with Crippen molar-refractivity contribution in [3.63, 3.8) is 0 Å². The van der Waals surface area contributed by atoms with Crippen LogP contribution in [0.3, 0.4) is 0 Å². The molecule has 240 valence electrons. The van der Waals surface area contributed by atoms with Crippen LogP contribution in [-0.4, -0.2) is 161 Å². The first kappa shape index (κ1) is 33.2. The van der Waals surface area contributed by atoms with E-state index in [4.69, 9.17) is 62.8 Å². The lowest BCUT2D eigenvalue weighted by Crippen LogP contribution is -2.68. The molecule has 0 aromatic rings.